The molecule has 1 saturated heterocycles. The second kappa shape index (κ2) is 7.45. The second-order valence-electron chi connectivity index (χ2n) is 5.51. The molecular formula is C15H23N7O2. The van der Waals surface area contributed by atoms with E-state index >= 15 is 0 Å². The SMILES string of the molecule is CCCN(NC)c1c[nH]n(-c2cc(N3CCOCC3)ncn2)c1=O. The highest BCUT2D eigenvalue weighted by molar-refractivity contribution is 5.46. The fourth-order valence-corrected chi connectivity index (χ4v) is 2.73. The molecule has 0 amide bonds. The summed E-state index contributed by atoms with van der Waals surface area (Å²) in [5.74, 6) is 1.32. The number of anilines is 2. The number of hydrazine groups is 1. The van der Waals surface area contributed by atoms with Crippen LogP contribution in [0, 0.1) is 0 Å². The first kappa shape index (κ1) is 16.5. The molecular weight excluding hydrogens is 310 g/mol. The van der Waals surface area contributed by atoms with E-state index in [9.17, 15) is 4.79 Å². The molecule has 1 fully saturated rings. The highest BCUT2D eigenvalue weighted by Crippen LogP contribution is 2.15. The number of nitrogens with zero attached hydrogens (tertiary/aromatic N) is 5. The van der Waals surface area contributed by atoms with Crippen LogP contribution in [0.15, 0.2) is 23.4 Å². The van der Waals surface area contributed by atoms with Gasteiger partial charge in [0.05, 0.1) is 13.2 Å². The van der Waals surface area contributed by atoms with Crippen molar-refractivity contribution in [2.75, 3.05) is 49.8 Å². The van der Waals surface area contributed by atoms with Crippen LogP contribution in [-0.2, 0) is 4.74 Å². The van der Waals surface area contributed by atoms with E-state index in [2.05, 4.69) is 32.3 Å². The number of hydrogen-bond acceptors (Lipinski definition) is 7. The first-order valence-corrected chi connectivity index (χ1v) is 8.15. The molecule has 9 nitrogen and oxygen atoms in total. The fraction of sp³-hybridized carbons (Fsp3) is 0.533. The van der Waals surface area contributed by atoms with Crippen LogP contribution in [0.2, 0.25) is 0 Å². The van der Waals surface area contributed by atoms with E-state index < -0.39 is 0 Å². The Morgan fingerprint density at radius 2 is 2.08 bits per heavy atom. The Morgan fingerprint density at radius 1 is 1.33 bits per heavy atom. The number of ether oxygens (including phenoxy) is 1. The van der Waals surface area contributed by atoms with Crippen LogP contribution in [-0.4, -0.2) is 59.6 Å². The van der Waals surface area contributed by atoms with Crippen molar-refractivity contribution in [1.29, 1.82) is 0 Å². The molecule has 0 spiro atoms. The van der Waals surface area contributed by atoms with Gasteiger partial charge in [0, 0.05) is 38.9 Å². The molecule has 0 radical (unpaired) electrons. The predicted octanol–water partition coefficient (Wildman–Crippen LogP) is 0.143. The van der Waals surface area contributed by atoms with Crippen LogP contribution >= 0.6 is 0 Å². The molecule has 0 aliphatic carbocycles. The van der Waals surface area contributed by atoms with Gasteiger partial charge in [-0.1, -0.05) is 6.92 Å². The maximum atomic E-state index is 12.7. The van der Waals surface area contributed by atoms with Crippen LogP contribution in [0.25, 0.3) is 5.82 Å². The van der Waals surface area contributed by atoms with Gasteiger partial charge in [-0.15, -0.1) is 0 Å². The van der Waals surface area contributed by atoms with Gasteiger partial charge in [0.1, 0.15) is 17.8 Å². The number of aromatic nitrogens is 4. The highest BCUT2D eigenvalue weighted by Gasteiger charge is 2.17. The normalized spacial score (nSPS) is 14.8. The smallest absolute Gasteiger partial charge is 0.297 e. The predicted molar refractivity (Wildman–Crippen MR) is 91.7 cm³/mol. The topological polar surface area (TPSA) is 91.3 Å². The van der Waals surface area contributed by atoms with Crippen molar-refractivity contribution in [3.63, 3.8) is 0 Å². The maximum Gasteiger partial charge on any atom is 0.297 e. The Morgan fingerprint density at radius 3 is 2.79 bits per heavy atom. The van der Waals surface area contributed by atoms with Crippen molar-refractivity contribution in [3.05, 3.63) is 28.9 Å². The van der Waals surface area contributed by atoms with Crippen LogP contribution in [0.4, 0.5) is 11.5 Å². The zero-order valence-corrected chi connectivity index (χ0v) is 14.0. The summed E-state index contributed by atoms with van der Waals surface area (Å²) in [6, 6.07) is 1.82. The Hall–Kier alpha value is -2.39. The molecule has 9 heteroatoms. The molecule has 130 valence electrons. The Kier molecular flexibility index (Phi) is 5.11. The monoisotopic (exact) mass is 333 g/mol. The Bertz CT molecular complexity index is 721. The van der Waals surface area contributed by atoms with Crippen LogP contribution in [0.5, 0.6) is 0 Å². The van der Waals surface area contributed by atoms with Crippen molar-refractivity contribution in [1.82, 2.24) is 25.2 Å². The summed E-state index contributed by atoms with van der Waals surface area (Å²) >= 11 is 0. The minimum Gasteiger partial charge on any atom is -0.378 e. The molecule has 2 aromatic rings. The number of hydrogen-bond donors (Lipinski definition) is 2. The third-order valence-electron chi connectivity index (χ3n) is 3.96. The second-order valence-corrected chi connectivity index (χ2v) is 5.51. The first-order valence-electron chi connectivity index (χ1n) is 8.15. The van der Waals surface area contributed by atoms with E-state index in [1.807, 2.05) is 11.1 Å². The van der Waals surface area contributed by atoms with Crippen molar-refractivity contribution in [2.24, 2.45) is 0 Å². The third-order valence-corrected chi connectivity index (χ3v) is 3.96. The van der Waals surface area contributed by atoms with Gasteiger partial charge in [0.25, 0.3) is 5.56 Å². The molecule has 2 aromatic heterocycles. The van der Waals surface area contributed by atoms with Gasteiger partial charge < -0.3 is 14.6 Å². The molecule has 0 unspecified atom stereocenters. The minimum atomic E-state index is -0.149. The molecule has 0 bridgehead atoms. The van der Waals surface area contributed by atoms with Gasteiger partial charge in [0.15, 0.2) is 5.82 Å². The molecule has 0 saturated carbocycles. The summed E-state index contributed by atoms with van der Waals surface area (Å²) in [5, 5.41) is 4.80. The summed E-state index contributed by atoms with van der Waals surface area (Å²) in [6.07, 6.45) is 4.10. The molecule has 1 aliphatic rings. The average molecular weight is 333 g/mol. The van der Waals surface area contributed by atoms with Crippen molar-refractivity contribution >= 4 is 11.5 Å². The summed E-state index contributed by atoms with van der Waals surface area (Å²) in [6.45, 7) is 5.73. The molecule has 3 heterocycles. The lowest BCUT2D eigenvalue weighted by atomic mass is 10.4. The summed E-state index contributed by atoms with van der Waals surface area (Å²) in [4.78, 5) is 23.4. The molecule has 0 aromatic carbocycles. The first-order chi connectivity index (χ1) is 11.7. The van der Waals surface area contributed by atoms with Crippen molar-refractivity contribution in [2.45, 2.75) is 13.3 Å². The molecule has 1 aliphatic heterocycles. The van der Waals surface area contributed by atoms with Gasteiger partial charge in [-0.25, -0.2) is 15.4 Å². The zero-order valence-electron chi connectivity index (χ0n) is 14.0. The van der Waals surface area contributed by atoms with E-state index in [0.717, 1.165) is 31.9 Å². The van der Waals surface area contributed by atoms with E-state index in [0.29, 0.717) is 24.7 Å². The fourth-order valence-electron chi connectivity index (χ4n) is 2.73. The molecule has 24 heavy (non-hydrogen) atoms. The lowest BCUT2D eigenvalue weighted by Crippen LogP contribution is -2.39. The van der Waals surface area contributed by atoms with E-state index in [1.54, 1.807) is 13.2 Å². The van der Waals surface area contributed by atoms with Crippen LogP contribution < -0.4 is 20.9 Å². The van der Waals surface area contributed by atoms with Crippen molar-refractivity contribution < 1.29 is 4.74 Å². The average Bonchev–Trinajstić information content (AvgIpc) is 3.02. The minimum absolute atomic E-state index is 0.149. The van der Waals surface area contributed by atoms with Gasteiger partial charge in [0.2, 0.25) is 0 Å². The van der Waals surface area contributed by atoms with E-state index in [-0.39, 0.29) is 5.56 Å². The number of aromatic amines is 1. The Balaban J connectivity index is 1.89. The number of morpholine rings is 1. The van der Waals surface area contributed by atoms with Gasteiger partial charge >= 0.3 is 0 Å². The van der Waals surface area contributed by atoms with Gasteiger partial charge in [-0.2, -0.15) is 4.68 Å². The quantitative estimate of drug-likeness (QED) is 0.727. The third kappa shape index (κ3) is 3.26. The summed E-state index contributed by atoms with van der Waals surface area (Å²) in [7, 11) is 1.80. The number of H-pyrrole nitrogens is 1. The zero-order chi connectivity index (χ0) is 16.9. The summed E-state index contributed by atoms with van der Waals surface area (Å²) in [5.41, 5.74) is 3.45. The van der Waals surface area contributed by atoms with E-state index in [4.69, 9.17) is 4.74 Å². The lowest BCUT2D eigenvalue weighted by Gasteiger charge is -2.27. The van der Waals surface area contributed by atoms with E-state index in [1.165, 1.54) is 11.0 Å². The number of nitrogens with one attached hydrogen (secondary N) is 2. The van der Waals surface area contributed by atoms with Crippen LogP contribution in [0.1, 0.15) is 13.3 Å². The largest absolute Gasteiger partial charge is 0.378 e. The molecule has 3 rings (SSSR count). The molecule has 2 N–H and O–H groups in total. The highest BCUT2D eigenvalue weighted by atomic mass is 16.5. The van der Waals surface area contributed by atoms with Crippen LogP contribution in [0.3, 0.4) is 0 Å². The van der Waals surface area contributed by atoms with Gasteiger partial charge in [-0.3, -0.25) is 9.89 Å². The lowest BCUT2D eigenvalue weighted by molar-refractivity contribution is 0.122. The molecule has 0 atom stereocenters. The van der Waals surface area contributed by atoms with Crippen molar-refractivity contribution in [3.8, 4) is 5.82 Å². The summed E-state index contributed by atoms with van der Waals surface area (Å²) < 4.78 is 6.79. The Labute approximate surface area is 140 Å². The number of rotatable bonds is 6. The standard InChI is InChI=1S/C15H23N7O2/c1-3-4-21(16-2)12-10-19-22(15(12)23)14-9-13(17-11-18-14)20-5-7-24-8-6-20/h9-11,16,19H,3-8H2,1-2H3. The van der Waals surface area contributed by atoms with Gasteiger partial charge in [-0.05, 0) is 6.42 Å². The maximum absolute atomic E-state index is 12.7.